The van der Waals surface area contributed by atoms with Gasteiger partial charge in [0.05, 0.1) is 10.6 Å². The summed E-state index contributed by atoms with van der Waals surface area (Å²) in [6.07, 6.45) is 3.28. The van der Waals surface area contributed by atoms with Gasteiger partial charge in [-0.05, 0) is 43.4 Å². The second-order valence-corrected chi connectivity index (χ2v) is 6.97. The van der Waals surface area contributed by atoms with E-state index in [4.69, 9.17) is 5.73 Å². The Kier molecular flexibility index (Phi) is 3.54. The number of hydrogen-bond acceptors (Lipinski definition) is 3. The molecule has 1 saturated carbocycles. The highest BCUT2D eigenvalue weighted by molar-refractivity contribution is 7.91. The lowest BCUT2D eigenvalue weighted by molar-refractivity contribution is 0.347. The molecule has 0 saturated heterocycles. The summed E-state index contributed by atoms with van der Waals surface area (Å²) in [4.78, 5) is 0.425. The molecule has 0 aliphatic heterocycles. The van der Waals surface area contributed by atoms with Crippen molar-refractivity contribution in [3.8, 4) is 0 Å². The van der Waals surface area contributed by atoms with Gasteiger partial charge in [0.1, 0.15) is 0 Å². The van der Waals surface area contributed by atoms with Gasteiger partial charge >= 0.3 is 0 Å². The Labute approximate surface area is 103 Å². The van der Waals surface area contributed by atoms with Gasteiger partial charge in [-0.2, -0.15) is 0 Å². The normalized spacial score (nSPS) is 18.7. The van der Waals surface area contributed by atoms with E-state index in [9.17, 15) is 8.42 Å². The molecule has 1 aliphatic rings. The van der Waals surface area contributed by atoms with Gasteiger partial charge in [0, 0.05) is 6.04 Å². The summed E-state index contributed by atoms with van der Waals surface area (Å²) in [5.41, 5.74) is 6.70. The Morgan fingerprint density at radius 3 is 2.29 bits per heavy atom. The van der Waals surface area contributed by atoms with Crippen LogP contribution in [-0.4, -0.2) is 14.2 Å². The molecule has 1 aliphatic carbocycles. The van der Waals surface area contributed by atoms with Crippen molar-refractivity contribution >= 4 is 9.84 Å². The average Bonchev–Trinajstić information content (AvgIpc) is 2.24. The highest BCUT2D eigenvalue weighted by Crippen LogP contribution is 2.29. The number of sulfone groups is 1. The summed E-state index contributed by atoms with van der Waals surface area (Å²) in [7, 11) is -3.10. The van der Waals surface area contributed by atoms with Crippen molar-refractivity contribution in [1.82, 2.24) is 0 Å². The Bertz CT molecular complexity index is 473. The fourth-order valence-electron chi connectivity index (χ4n) is 2.04. The van der Waals surface area contributed by atoms with Gasteiger partial charge in [0.25, 0.3) is 0 Å². The highest BCUT2D eigenvalue weighted by atomic mass is 32.2. The van der Waals surface area contributed by atoms with Crippen LogP contribution in [0.4, 0.5) is 0 Å². The summed E-state index contributed by atoms with van der Waals surface area (Å²) in [5, 5.41) is 0. The zero-order chi connectivity index (χ0) is 12.5. The van der Waals surface area contributed by atoms with Crippen LogP contribution in [0.5, 0.6) is 0 Å². The third-order valence-electron chi connectivity index (χ3n) is 3.44. The standard InChI is InChI=1S/C13H19NO2S/c1-10(14)12-5-7-13(8-6-12)17(15,16)9-11-3-2-4-11/h5-8,10-11H,2-4,9,14H2,1H3/t10-/m1/s1. The molecular formula is C13H19NO2S. The minimum absolute atomic E-state index is 0.0570. The van der Waals surface area contributed by atoms with Crippen LogP contribution in [0.2, 0.25) is 0 Å². The molecule has 0 bridgehead atoms. The molecule has 0 aromatic heterocycles. The molecule has 0 unspecified atom stereocenters. The van der Waals surface area contributed by atoms with Crippen molar-refractivity contribution in [1.29, 1.82) is 0 Å². The van der Waals surface area contributed by atoms with Crippen LogP contribution in [0.3, 0.4) is 0 Å². The van der Waals surface area contributed by atoms with Gasteiger partial charge in [0.2, 0.25) is 0 Å². The molecule has 0 heterocycles. The lowest BCUT2D eigenvalue weighted by Crippen LogP contribution is -2.22. The second-order valence-electron chi connectivity index (χ2n) is 4.94. The van der Waals surface area contributed by atoms with Gasteiger partial charge < -0.3 is 5.73 Å². The summed E-state index contributed by atoms with van der Waals surface area (Å²) in [6, 6.07) is 6.90. The predicted octanol–water partition coefficient (Wildman–Crippen LogP) is 2.28. The topological polar surface area (TPSA) is 60.2 Å². The quantitative estimate of drug-likeness (QED) is 0.895. The minimum atomic E-state index is -3.10. The number of nitrogens with two attached hydrogens (primary N) is 1. The van der Waals surface area contributed by atoms with Crippen molar-refractivity contribution in [3.05, 3.63) is 29.8 Å². The zero-order valence-corrected chi connectivity index (χ0v) is 10.9. The smallest absolute Gasteiger partial charge is 0.178 e. The van der Waals surface area contributed by atoms with E-state index in [0.717, 1.165) is 18.4 Å². The first-order valence-electron chi connectivity index (χ1n) is 6.07. The van der Waals surface area contributed by atoms with Gasteiger partial charge in [-0.1, -0.05) is 18.6 Å². The molecule has 4 heteroatoms. The first-order valence-corrected chi connectivity index (χ1v) is 7.72. The highest BCUT2D eigenvalue weighted by Gasteiger charge is 2.25. The van der Waals surface area contributed by atoms with Crippen LogP contribution in [0.15, 0.2) is 29.2 Å². The maximum atomic E-state index is 12.1. The predicted molar refractivity (Wildman–Crippen MR) is 68.4 cm³/mol. The van der Waals surface area contributed by atoms with Crippen molar-refractivity contribution in [2.24, 2.45) is 11.7 Å². The van der Waals surface area contributed by atoms with Gasteiger partial charge in [-0.3, -0.25) is 0 Å². The summed E-state index contributed by atoms with van der Waals surface area (Å²) in [5.74, 6) is 0.665. The second kappa shape index (κ2) is 4.78. The Hall–Kier alpha value is -0.870. The van der Waals surface area contributed by atoms with E-state index in [0.29, 0.717) is 16.6 Å². The molecule has 94 valence electrons. The Balaban J connectivity index is 2.15. The third-order valence-corrected chi connectivity index (χ3v) is 5.35. The Morgan fingerprint density at radius 2 is 1.88 bits per heavy atom. The number of hydrogen-bond donors (Lipinski definition) is 1. The number of rotatable bonds is 4. The summed E-state index contributed by atoms with van der Waals surface area (Å²) < 4.78 is 24.2. The fraction of sp³-hybridized carbons (Fsp3) is 0.538. The first kappa shape index (κ1) is 12.6. The lowest BCUT2D eigenvalue weighted by Gasteiger charge is -2.24. The van der Waals surface area contributed by atoms with Crippen molar-refractivity contribution in [2.75, 3.05) is 5.75 Å². The monoisotopic (exact) mass is 253 g/mol. The molecule has 2 rings (SSSR count). The third kappa shape index (κ3) is 2.87. The largest absolute Gasteiger partial charge is 0.324 e. The fourth-order valence-corrected chi connectivity index (χ4v) is 3.74. The maximum absolute atomic E-state index is 12.1. The molecule has 0 amide bonds. The van der Waals surface area contributed by atoms with E-state index in [-0.39, 0.29) is 6.04 Å². The van der Waals surface area contributed by atoms with E-state index in [2.05, 4.69) is 0 Å². The van der Waals surface area contributed by atoms with Crippen molar-refractivity contribution < 1.29 is 8.42 Å². The van der Waals surface area contributed by atoms with E-state index in [1.165, 1.54) is 6.42 Å². The molecule has 0 spiro atoms. The molecule has 2 N–H and O–H groups in total. The van der Waals surface area contributed by atoms with Crippen molar-refractivity contribution in [3.63, 3.8) is 0 Å². The molecule has 17 heavy (non-hydrogen) atoms. The maximum Gasteiger partial charge on any atom is 0.178 e. The zero-order valence-electron chi connectivity index (χ0n) is 10.1. The Morgan fingerprint density at radius 1 is 1.29 bits per heavy atom. The molecular weight excluding hydrogens is 234 g/mol. The summed E-state index contributed by atoms with van der Waals surface area (Å²) >= 11 is 0. The van der Waals surface area contributed by atoms with Crippen molar-refractivity contribution in [2.45, 2.75) is 37.1 Å². The van der Waals surface area contributed by atoms with Crippen LogP contribution in [0.1, 0.15) is 37.8 Å². The van der Waals surface area contributed by atoms with Crippen LogP contribution >= 0.6 is 0 Å². The minimum Gasteiger partial charge on any atom is -0.324 e. The lowest BCUT2D eigenvalue weighted by atomic mass is 9.87. The first-order chi connectivity index (χ1) is 7.99. The molecule has 1 atom stereocenters. The SMILES string of the molecule is C[C@@H](N)c1ccc(S(=O)(=O)CC2CCC2)cc1. The van der Waals surface area contributed by atoms with Gasteiger partial charge in [-0.15, -0.1) is 0 Å². The summed E-state index contributed by atoms with van der Waals surface area (Å²) in [6.45, 7) is 1.89. The van der Waals surface area contributed by atoms with E-state index in [1.54, 1.807) is 24.3 Å². The van der Waals surface area contributed by atoms with Gasteiger partial charge in [0.15, 0.2) is 9.84 Å². The van der Waals surface area contributed by atoms with E-state index >= 15 is 0 Å². The van der Waals surface area contributed by atoms with Crippen LogP contribution in [0, 0.1) is 5.92 Å². The molecule has 1 aromatic rings. The van der Waals surface area contributed by atoms with E-state index < -0.39 is 9.84 Å². The molecule has 3 nitrogen and oxygen atoms in total. The molecule has 1 fully saturated rings. The molecule has 0 radical (unpaired) electrons. The number of benzene rings is 1. The van der Waals surface area contributed by atoms with E-state index in [1.807, 2.05) is 6.92 Å². The van der Waals surface area contributed by atoms with Gasteiger partial charge in [-0.25, -0.2) is 8.42 Å². The van der Waals surface area contributed by atoms with Crippen LogP contribution < -0.4 is 5.73 Å². The van der Waals surface area contributed by atoms with Crippen LogP contribution in [-0.2, 0) is 9.84 Å². The van der Waals surface area contributed by atoms with Crippen LogP contribution in [0.25, 0.3) is 0 Å². The average molecular weight is 253 g/mol. The molecule has 1 aromatic carbocycles.